The Morgan fingerprint density at radius 1 is 1.18 bits per heavy atom. The van der Waals surface area contributed by atoms with Crippen LogP contribution in [0.25, 0.3) is 0 Å². The Bertz CT molecular complexity index is 535. The summed E-state index contributed by atoms with van der Waals surface area (Å²) in [5.74, 6) is -0.811. The number of phenolic OH excluding ortho intramolecular Hbond substituents is 1. The molecular weight excluding hydrogens is 218 g/mol. The maximum absolute atomic E-state index is 10.6. The average molecular weight is 229 g/mol. The van der Waals surface area contributed by atoms with E-state index in [0.717, 1.165) is 11.1 Å². The number of carboxylic acid groups (broad SMARTS) is 1. The van der Waals surface area contributed by atoms with Gasteiger partial charge in [0, 0.05) is 12.6 Å². The third-order valence-electron chi connectivity index (χ3n) is 2.43. The summed E-state index contributed by atoms with van der Waals surface area (Å²) in [6, 6.07) is 10.2. The Labute approximate surface area is 98.2 Å². The summed E-state index contributed by atoms with van der Waals surface area (Å²) in [6.07, 6.45) is 2.04. The van der Waals surface area contributed by atoms with Gasteiger partial charge in [-0.15, -0.1) is 0 Å². The van der Waals surface area contributed by atoms with Crippen molar-refractivity contribution in [2.24, 2.45) is 0 Å². The van der Waals surface area contributed by atoms with Crippen LogP contribution in [0, 0.1) is 0 Å². The molecule has 0 fully saturated rings. The molecule has 0 aliphatic rings. The zero-order valence-corrected chi connectivity index (χ0v) is 9.00. The van der Waals surface area contributed by atoms with Crippen LogP contribution in [0.15, 0.2) is 42.6 Å². The maximum Gasteiger partial charge on any atom is 0.354 e. The van der Waals surface area contributed by atoms with Crippen molar-refractivity contribution < 1.29 is 15.0 Å². The highest BCUT2D eigenvalue weighted by Gasteiger charge is 2.05. The van der Waals surface area contributed by atoms with Gasteiger partial charge in [0.2, 0.25) is 0 Å². The van der Waals surface area contributed by atoms with Crippen LogP contribution in [0.1, 0.15) is 21.6 Å². The average Bonchev–Trinajstić information content (AvgIpc) is 2.33. The van der Waals surface area contributed by atoms with Crippen LogP contribution < -0.4 is 0 Å². The molecule has 0 saturated carbocycles. The Morgan fingerprint density at radius 3 is 2.53 bits per heavy atom. The summed E-state index contributed by atoms with van der Waals surface area (Å²) in [7, 11) is 0. The van der Waals surface area contributed by atoms with Crippen molar-refractivity contribution in [2.45, 2.75) is 6.42 Å². The van der Waals surface area contributed by atoms with Crippen molar-refractivity contribution in [3.63, 3.8) is 0 Å². The van der Waals surface area contributed by atoms with Crippen molar-refractivity contribution in [1.29, 1.82) is 0 Å². The zero-order valence-electron chi connectivity index (χ0n) is 9.00. The monoisotopic (exact) mass is 229 g/mol. The Morgan fingerprint density at radius 2 is 1.94 bits per heavy atom. The van der Waals surface area contributed by atoms with Gasteiger partial charge >= 0.3 is 5.97 Å². The second kappa shape index (κ2) is 4.65. The van der Waals surface area contributed by atoms with Crippen LogP contribution in [0.4, 0.5) is 0 Å². The topological polar surface area (TPSA) is 70.4 Å². The molecule has 2 aromatic rings. The third kappa shape index (κ3) is 2.60. The number of benzene rings is 1. The quantitative estimate of drug-likeness (QED) is 0.845. The molecule has 4 nitrogen and oxygen atoms in total. The molecule has 1 aromatic heterocycles. The lowest BCUT2D eigenvalue weighted by Gasteiger charge is -2.04. The second-order valence-electron chi connectivity index (χ2n) is 3.66. The molecule has 1 aromatic carbocycles. The van der Waals surface area contributed by atoms with Crippen molar-refractivity contribution in [1.82, 2.24) is 4.98 Å². The minimum atomic E-state index is -1.04. The molecule has 4 heteroatoms. The molecule has 0 spiro atoms. The van der Waals surface area contributed by atoms with Gasteiger partial charge in [0.15, 0.2) is 0 Å². The first-order valence-electron chi connectivity index (χ1n) is 5.12. The first-order chi connectivity index (χ1) is 8.16. The molecule has 17 heavy (non-hydrogen) atoms. The minimum absolute atomic E-state index is 0.0195. The van der Waals surface area contributed by atoms with E-state index in [0.29, 0.717) is 6.42 Å². The SMILES string of the molecule is O=C(O)c1ccc(Cc2ccccc2O)cn1. The van der Waals surface area contributed by atoms with Gasteiger partial charge in [-0.25, -0.2) is 9.78 Å². The summed E-state index contributed by atoms with van der Waals surface area (Å²) in [6.45, 7) is 0. The molecule has 0 bridgehead atoms. The molecule has 0 atom stereocenters. The highest BCUT2D eigenvalue weighted by atomic mass is 16.4. The zero-order chi connectivity index (χ0) is 12.3. The van der Waals surface area contributed by atoms with Gasteiger partial charge in [0.1, 0.15) is 11.4 Å². The van der Waals surface area contributed by atoms with Gasteiger partial charge in [-0.1, -0.05) is 24.3 Å². The Kier molecular flexibility index (Phi) is 3.05. The number of para-hydroxylation sites is 1. The molecule has 0 radical (unpaired) electrons. The highest BCUT2D eigenvalue weighted by molar-refractivity contribution is 5.85. The fourth-order valence-electron chi connectivity index (χ4n) is 1.54. The third-order valence-corrected chi connectivity index (χ3v) is 2.43. The molecule has 0 unspecified atom stereocenters. The predicted molar refractivity (Wildman–Crippen MR) is 62.1 cm³/mol. The van der Waals surface area contributed by atoms with E-state index < -0.39 is 5.97 Å². The molecule has 0 aliphatic heterocycles. The van der Waals surface area contributed by atoms with Gasteiger partial charge in [-0.05, 0) is 23.3 Å². The van der Waals surface area contributed by atoms with Gasteiger partial charge < -0.3 is 10.2 Å². The van der Waals surface area contributed by atoms with Crippen LogP contribution in [0.2, 0.25) is 0 Å². The molecule has 86 valence electrons. The van der Waals surface area contributed by atoms with E-state index in [1.54, 1.807) is 18.2 Å². The van der Waals surface area contributed by atoms with E-state index in [4.69, 9.17) is 5.11 Å². The largest absolute Gasteiger partial charge is 0.508 e. The number of rotatable bonds is 3. The number of carbonyl (C=O) groups is 1. The van der Waals surface area contributed by atoms with E-state index in [1.807, 2.05) is 12.1 Å². The molecular formula is C13H11NO3. The van der Waals surface area contributed by atoms with Crippen LogP contribution in [0.3, 0.4) is 0 Å². The number of aromatic hydroxyl groups is 1. The molecule has 2 rings (SSSR count). The maximum atomic E-state index is 10.6. The van der Waals surface area contributed by atoms with Crippen LogP contribution in [-0.4, -0.2) is 21.2 Å². The van der Waals surface area contributed by atoms with Crippen LogP contribution in [-0.2, 0) is 6.42 Å². The summed E-state index contributed by atoms with van der Waals surface area (Å²) in [5.41, 5.74) is 1.67. The van der Waals surface area contributed by atoms with Gasteiger partial charge in [-0.2, -0.15) is 0 Å². The number of aromatic carboxylic acids is 1. The number of phenols is 1. The van der Waals surface area contributed by atoms with Gasteiger partial charge in [0.25, 0.3) is 0 Å². The number of aromatic nitrogens is 1. The molecule has 2 N–H and O–H groups in total. The molecule has 0 amide bonds. The molecule has 0 aliphatic carbocycles. The summed E-state index contributed by atoms with van der Waals surface area (Å²) >= 11 is 0. The van der Waals surface area contributed by atoms with Gasteiger partial charge in [0.05, 0.1) is 0 Å². The number of hydrogen-bond acceptors (Lipinski definition) is 3. The van der Waals surface area contributed by atoms with E-state index in [-0.39, 0.29) is 11.4 Å². The lowest BCUT2D eigenvalue weighted by atomic mass is 10.1. The lowest BCUT2D eigenvalue weighted by Crippen LogP contribution is -2.00. The van der Waals surface area contributed by atoms with Crippen molar-refractivity contribution in [3.8, 4) is 5.75 Å². The summed E-state index contributed by atoms with van der Waals surface area (Å²) < 4.78 is 0. The van der Waals surface area contributed by atoms with Crippen molar-refractivity contribution in [2.75, 3.05) is 0 Å². The summed E-state index contributed by atoms with van der Waals surface area (Å²) in [5, 5.41) is 18.3. The van der Waals surface area contributed by atoms with Gasteiger partial charge in [-0.3, -0.25) is 0 Å². The molecule has 1 heterocycles. The standard InChI is InChI=1S/C13H11NO3/c15-12-4-2-1-3-10(12)7-9-5-6-11(13(16)17)14-8-9/h1-6,8,15H,7H2,(H,16,17). The molecule has 0 saturated heterocycles. The van der Waals surface area contributed by atoms with Crippen molar-refractivity contribution >= 4 is 5.97 Å². The Balaban J connectivity index is 2.20. The van der Waals surface area contributed by atoms with Crippen LogP contribution >= 0.6 is 0 Å². The first-order valence-corrected chi connectivity index (χ1v) is 5.12. The van der Waals surface area contributed by atoms with E-state index >= 15 is 0 Å². The van der Waals surface area contributed by atoms with Crippen molar-refractivity contribution in [3.05, 3.63) is 59.4 Å². The van der Waals surface area contributed by atoms with E-state index in [1.165, 1.54) is 12.3 Å². The Hall–Kier alpha value is -2.36. The number of nitrogens with zero attached hydrogens (tertiary/aromatic N) is 1. The summed E-state index contributed by atoms with van der Waals surface area (Å²) in [4.78, 5) is 14.4. The number of carboxylic acids is 1. The van der Waals surface area contributed by atoms with E-state index in [2.05, 4.69) is 4.98 Å². The number of pyridine rings is 1. The lowest BCUT2D eigenvalue weighted by molar-refractivity contribution is 0.0690. The number of hydrogen-bond donors (Lipinski definition) is 2. The van der Waals surface area contributed by atoms with E-state index in [9.17, 15) is 9.90 Å². The van der Waals surface area contributed by atoms with Crippen LogP contribution in [0.5, 0.6) is 5.75 Å². The minimum Gasteiger partial charge on any atom is -0.508 e. The fourth-order valence-corrected chi connectivity index (χ4v) is 1.54. The normalized spacial score (nSPS) is 10.1. The smallest absolute Gasteiger partial charge is 0.354 e. The predicted octanol–water partition coefficient (Wildman–Crippen LogP) is 2.08. The fraction of sp³-hybridized carbons (Fsp3) is 0.0769. The highest BCUT2D eigenvalue weighted by Crippen LogP contribution is 2.19. The second-order valence-corrected chi connectivity index (χ2v) is 3.66. The first kappa shape index (κ1) is 11.1.